The standard InChI is InChI=1S/C9H9F2NO/c1-2-5-7(10)4-3-6(8(5)11)9(12)13/h3-4H,2H2,1H3,(H2,12,13). The lowest BCUT2D eigenvalue weighted by Gasteiger charge is -2.04. The highest BCUT2D eigenvalue weighted by molar-refractivity contribution is 5.93. The van der Waals surface area contributed by atoms with Gasteiger partial charge < -0.3 is 5.73 Å². The first-order chi connectivity index (χ1) is 6.07. The first-order valence-corrected chi connectivity index (χ1v) is 3.84. The molecule has 4 heteroatoms. The first-order valence-electron chi connectivity index (χ1n) is 3.84. The van der Waals surface area contributed by atoms with E-state index >= 15 is 0 Å². The number of hydrogen-bond acceptors (Lipinski definition) is 1. The molecule has 1 rings (SSSR count). The number of amides is 1. The molecule has 70 valence electrons. The minimum absolute atomic E-state index is 0.101. The number of nitrogens with two attached hydrogens (primary N) is 1. The second kappa shape index (κ2) is 3.51. The van der Waals surface area contributed by atoms with Crippen molar-refractivity contribution in [2.75, 3.05) is 0 Å². The van der Waals surface area contributed by atoms with Crippen molar-refractivity contribution >= 4 is 5.91 Å². The van der Waals surface area contributed by atoms with E-state index in [2.05, 4.69) is 0 Å². The summed E-state index contributed by atoms with van der Waals surface area (Å²) in [5.74, 6) is -2.38. The smallest absolute Gasteiger partial charge is 0.251 e. The Hall–Kier alpha value is -1.45. The second-order valence-corrected chi connectivity index (χ2v) is 2.61. The molecule has 0 radical (unpaired) electrons. The molecule has 0 atom stereocenters. The van der Waals surface area contributed by atoms with E-state index in [9.17, 15) is 13.6 Å². The molecule has 0 heterocycles. The van der Waals surface area contributed by atoms with Gasteiger partial charge in [-0.2, -0.15) is 0 Å². The van der Waals surface area contributed by atoms with Gasteiger partial charge >= 0.3 is 0 Å². The Morgan fingerprint density at radius 3 is 2.54 bits per heavy atom. The zero-order chi connectivity index (χ0) is 10.0. The highest BCUT2D eigenvalue weighted by atomic mass is 19.1. The molecular formula is C9H9F2NO. The predicted molar refractivity (Wildman–Crippen MR) is 44.3 cm³/mol. The van der Waals surface area contributed by atoms with E-state index in [0.29, 0.717) is 0 Å². The molecule has 0 aliphatic heterocycles. The van der Waals surface area contributed by atoms with E-state index in [4.69, 9.17) is 5.73 Å². The van der Waals surface area contributed by atoms with E-state index in [1.165, 1.54) is 0 Å². The van der Waals surface area contributed by atoms with Crippen molar-refractivity contribution in [1.82, 2.24) is 0 Å². The molecular weight excluding hydrogens is 176 g/mol. The second-order valence-electron chi connectivity index (χ2n) is 2.61. The highest BCUT2D eigenvalue weighted by Crippen LogP contribution is 2.16. The van der Waals surface area contributed by atoms with E-state index in [1.807, 2.05) is 0 Å². The van der Waals surface area contributed by atoms with Gasteiger partial charge in [0.15, 0.2) is 0 Å². The van der Waals surface area contributed by atoms with Gasteiger partial charge in [-0.1, -0.05) is 6.92 Å². The van der Waals surface area contributed by atoms with Crippen molar-refractivity contribution in [1.29, 1.82) is 0 Å². The minimum Gasteiger partial charge on any atom is -0.366 e. The van der Waals surface area contributed by atoms with Gasteiger partial charge in [-0.3, -0.25) is 4.79 Å². The van der Waals surface area contributed by atoms with E-state index in [-0.39, 0.29) is 17.5 Å². The van der Waals surface area contributed by atoms with Crippen LogP contribution in [0.5, 0.6) is 0 Å². The number of hydrogen-bond donors (Lipinski definition) is 1. The van der Waals surface area contributed by atoms with Gasteiger partial charge in [0.2, 0.25) is 0 Å². The van der Waals surface area contributed by atoms with Crippen LogP contribution in [0.1, 0.15) is 22.8 Å². The number of primary amides is 1. The molecule has 0 spiro atoms. The zero-order valence-corrected chi connectivity index (χ0v) is 7.10. The van der Waals surface area contributed by atoms with Gasteiger partial charge in [0.05, 0.1) is 5.56 Å². The fourth-order valence-corrected chi connectivity index (χ4v) is 1.11. The summed E-state index contributed by atoms with van der Waals surface area (Å²) in [6, 6.07) is 2.09. The monoisotopic (exact) mass is 185 g/mol. The van der Waals surface area contributed by atoms with Crippen LogP contribution in [-0.2, 0) is 6.42 Å². The maximum atomic E-state index is 13.2. The normalized spacial score (nSPS) is 10.1. The van der Waals surface area contributed by atoms with E-state index in [1.54, 1.807) is 6.92 Å². The zero-order valence-electron chi connectivity index (χ0n) is 7.10. The first kappa shape index (κ1) is 9.64. The van der Waals surface area contributed by atoms with E-state index < -0.39 is 17.5 Å². The Kier molecular flexibility index (Phi) is 2.60. The Balaban J connectivity index is 3.35. The summed E-state index contributed by atoms with van der Waals surface area (Å²) in [7, 11) is 0. The third-order valence-corrected chi connectivity index (χ3v) is 1.81. The lowest BCUT2D eigenvalue weighted by Crippen LogP contribution is -2.14. The Morgan fingerprint density at radius 2 is 2.08 bits per heavy atom. The van der Waals surface area contributed by atoms with Gasteiger partial charge in [-0.15, -0.1) is 0 Å². The van der Waals surface area contributed by atoms with Crippen LogP contribution in [-0.4, -0.2) is 5.91 Å². The summed E-state index contributed by atoms with van der Waals surface area (Å²) in [5, 5.41) is 0. The van der Waals surface area contributed by atoms with Gasteiger partial charge in [0.1, 0.15) is 11.6 Å². The van der Waals surface area contributed by atoms with Crippen LogP contribution in [0.2, 0.25) is 0 Å². The summed E-state index contributed by atoms with van der Waals surface area (Å²) in [6.07, 6.45) is 0.193. The molecule has 2 nitrogen and oxygen atoms in total. The summed E-state index contributed by atoms with van der Waals surface area (Å²) in [5.41, 5.74) is 4.52. The number of benzene rings is 1. The van der Waals surface area contributed by atoms with Crippen molar-refractivity contribution in [3.05, 3.63) is 34.9 Å². The Labute approximate surface area is 74.4 Å². The van der Waals surface area contributed by atoms with E-state index in [0.717, 1.165) is 12.1 Å². The number of carbonyl (C=O) groups is 1. The number of halogens is 2. The number of carbonyl (C=O) groups excluding carboxylic acids is 1. The van der Waals surface area contributed by atoms with Crippen LogP contribution >= 0.6 is 0 Å². The molecule has 1 aromatic rings. The molecule has 2 N–H and O–H groups in total. The van der Waals surface area contributed by atoms with Gasteiger partial charge in [0, 0.05) is 5.56 Å². The molecule has 0 aromatic heterocycles. The van der Waals surface area contributed by atoms with Crippen LogP contribution in [0.3, 0.4) is 0 Å². The SMILES string of the molecule is CCc1c(F)ccc(C(N)=O)c1F. The van der Waals surface area contributed by atoms with Crippen LogP contribution in [0.4, 0.5) is 8.78 Å². The Bertz CT molecular complexity index is 350. The van der Waals surface area contributed by atoms with Crippen molar-refractivity contribution in [3.63, 3.8) is 0 Å². The molecule has 0 aliphatic rings. The third kappa shape index (κ3) is 1.66. The fourth-order valence-electron chi connectivity index (χ4n) is 1.11. The largest absolute Gasteiger partial charge is 0.366 e. The molecule has 0 fully saturated rings. The summed E-state index contributed by atoms with van der Waals surface area (Å²) in [6.45, 7) is 1.60. The van der Waals surface area contributed by atoms with Crippen molar-refractivity contribution < 1.29 is 13.6 Å². The van der Waals surface area contributed by atoms with Gasteiger partial charge in [-0.25, -0.2) is 8.78 Å². The van der Waals surface area contributed by atoms with Gasteiger partial charge in [0.25, 0.3) is 5.91 Å². The van der Waals surface area contributed by atoms with Crippen molar-refractivity contribution in [3.8, 4) is 0 Å². The summed E-state index contributed by atoms with van der Waals surface area (Å²) >= 11 is 0. The molecule has 13 heavy (non-hydrogen) atoms. The maximum absolute atomic E-state index is 13.2. The molecule has 0 saturated carbocycles. The quantitative estimate of drug-likeness (QED) is 0.747. The van der Waals surface area contributed by atoms with Crippen LogP contribution in [0, 0.1) is 11.6 Å². The molecule has 0 aliphatic carbocycles. The third-order valence-electron chi connectivity index (χ3n) is 1.81. The van der Waals surface area contributed by atoms with Gasteiger partial charge in [-0.05, 0) is 18.6 Å². The summed E-state index contributed by atoms with van der Waals surface area (Å²) < 4.78 is 26.1. The van der Waals surface area contributed by atoms with Crippen LogP contribution in [0.15, 0.2) is 12.1 Å². The molecule has 1 aromatic carbocycles. The average molecular weight is 185 g/mol. The highest BCUT2D eigenvalue weighted by Gasteiger charge is 2.14. The van der Waals surface area contributed by atoms with Crippen LogP contribution in [0.25, 0.3) is 0 Å². The summed E-state index contributed by atoms with van der Waals surface area (Å²) in [4.78, 5) is 10.7. The van der Waals surface area contributed by atoms with Crippen LogP contribution < -0.4 is 5.73 Å². The Morgan fingerprint density at radius 1 is 1.46 bits per heavy atom. The van der Waals surface area contributed by atoms with Crippen molar-refractivity contribution in [2.24, 2.45) is 5.73 Å². The van der Waals surface area contributed by atoms with Crippen molar-refractivity contribution in [2.45, 2.75) is 13.3 Å². The topological polar surface area (TPSA) is 43.1 Å². The molecule has 0 saturated heterocycles. The predicted octanol–water partition coefficient (Wildman–Crippen LogP) is 1.63. The molecule has 1 amide bonds. The lowest BCUT2D eigenvalue weighted by atomic mass is 10.1. The maximum Gasteiger partial charge on any atom is 0.251 e. The fraction of sp³-hybridized carbons (Fsp3) is 0.222. The lowest BCUT2D eigenvalue weighted by molar-refractivity contribution is 0.0996. The average Bonchev–Trinajstić information content (AvgIpc) is 2.04. The molecule has 0 unspecified atom stereocenters. The molecule has 0 bridgehead atoms. The number of rotatable bonds is 2. The minimum atomic E-state index is -0.882.